The molecular formula is C18H25N3O3S. The van der Waals surface area contributed by atoms with E-state index in [1.54, 1.807) is 11.4 Å². The largest absolute Gasteiger partial charge is 0.353 e. The molecule has 1 amide bonds. The van der Waals surface area contributed by atoms with Crippen molar-refractivity contribution in [1.82, 2.24) is 14.9 Å². The molecule has 0 aromatic carbocycles. The molecule has 2 heterocycles. The predicted octanol–water partition coefficient (Wildman–Crippen LogP) is 2.47. The van der Waals surface area contributed by atoms with Crippen LogP contribution in [0.2, 0.25) is 0 Å². The van der Waals surface area contributed by atoms with Crippen molar-refractivity contribution < 1.29 is 4.79 Å². The molecule has 1 aliphatic carbocycles. The number of carbonyl (C=O) groups excluding carboxylic acids is 1. The number of thiophene rings is 1. The summed E-state index contributed by atoms with van der Waals surface area (Å²) in [5.74, 6) is 1.13. The number of amides is 1. The second kappa shape index (κ2) is 7.56. The number of fused-ring (bicyclic) bond motifs is 1. The Morgan fingerprint density at radius 2 is 2.16 bits per heavy atom. The van der Waals surface area contributed by atoms with Crippen LogP contribution in [0.15, 0.2) is 21.0 Å². The van der Waals surface area contributed by atoms with Gasteiger partial charge in [-0.2, -0.15) is 0 Å². The van der Waals surface area contributed by atoms with E-state index in [0.29, 0.717) is 34.9 Å². The van der Waals surface area contributed by atoms with Crippen molar-refractivity contribution in [3.63, 3.8) is 0 Å². The normalized spacial score (nSPS) is 23.7. The van der Waals surface area contributed by atoms with Crippen LogP contribution in [0.1, 0.15) is 46.0 Å². The zero-order valence-corrected chi connectivity index (χ0v) is 15.5. The number of hydrogen-bond acceptors (Lipinski definition) is 4. The Morgan fingerprint density at radius 3 is 2.96 bits per heavy atom. The van der Waals surface area contributed by atoms with E-state index in [9.17, 15) is 14.4 Å². The topological polar surface area (TPSA) is 84.0 Å². The van der Waals surface area contributed by atoms with Crippen LogP contribution in [-0.2, 0) is 11.3 Å². The number of nitrogens with zero attached hydrogens (tertiary/aromatic N) is 1. The summed E-state index contributed by atoms with van der Waals surface area (Å²) in [7, 11) is 0. The average Bonchev–Trinajstić information content (AvgIpc) is 3.03. The molecule has 1 fully saturated rings. The summed E-state index contributed by atoms with van der Waals surface area (Å²) in [6.45, 7) is 4.69. The van der Waals surface area contributed by atoms with E-state index in [-0.39, 0.29) is 24.1 Å². The van der Waals surface area contributed by atoms with Gasteiger partial charge in [-0.15, -0.1) is 11.3 Å². The average molecular weight is 363 g/mol. The van der Waals surface area contributed by atoms with Crippen molar-refractivity contribution in [1.29, 1.82) is 0 Å². The van der Waals surface area contributed by atoms with Crippen molar-refractivity contribution in [3.8, 4) is 0 Å². The molecule has 136 valence electrons. The lowest BCUT2D eigenvalue weighted by Crippen LogP contribution is -2.43. The van der Waals surface area contributed by atoms with Crippen LogP contribution < -0.4 is 16.6 Å². The number of nitrogens with one attached hydrogen (secondary N) is 2. The van der Waals surface area contributed by atoms with Crippen molar-refractivity contribution in [2.45, 2.75) is 58.5 Å². The van der Waals surface area contributed by atoms with Gasteiger partial charge in [-0.3, -0.25) is 14.2 Å². The summed E-state index contributed by atoms with van der Waals surface area (Å²) in [5.41, 5.74) is -0.107. The minimum atomic E-state index is -0.411. The van der Waals surface area contributed by atoms with Gasteiger partial charge in [0.1, 0.15) is 4.70 Å². The summed E-state index contributed by atoms with van der Waals surface area (Å²) < 4.78 is 1.74. The van der Waals surface area contributed by atoms with Crippen LogP contribution in [0.3, 0.4) is 0 Å². The Kier molecular flexibility index (Phi) is 5.42. The SMILES string of the molecule is C[C@@H]1[C@H](C)CCC[C@H]1NC(=O)CCCn1c(=O)[nH]c2ccsc2c1=O. The molecule has 1 aliphatic rings. The lowest BCUT2D eigenvalue weighted by atomic mass is 9.78. The maximum Gasteiger partial charge on any atom is 0.328 e. The van der Waals surface area contributed by atoms with Crippen LogP contribution in [-0.4, -0.2) is 21.5 Å². The number of rotatable bonds is 5. The van der Waals surface area contributed by atoms with Gasteiger partial charge >= 0.3 is 5.69 Å². The maximum absolute atomic E-state index is 12.3. The van der Waals surface area contributed by atoms with Crippen LogP contribution in [0.4, 0.5) is 0 Å². The lowest BCUT2D eigenvalue weighted by molar-refractivity contribution is -0.122. The predicted molar refractivity (Wildman–Crippen MR) is 100 cm³/mol. The van der Waals surface area contributed by atoms with Crippen molar-refractivity contribution in [3.05, 3.63) is 32.3 Å². The molecule has 3 rings (SSSR count). The van der Waals surface area contributed by atoms with Crippen LogP contribution in [0.25, 0.3) is 10.2 Å². The first-order valence-corrected chi connectivity index (χ1v) is 9.85. The third-order valence-corrected chi connectivity index (χ3v) is 6.33. The zero-order chi connectivity index (χ0) is 18.0. The number of hydrogen-bond donors (Lipinski definition) is 2. The monoisotopic (exact) mass is 363 g/mol. The van der Waals surface area contributed by atoms with Gasteiger partial charge in [0.2, 0.25) is 5.91 Å². The van der Waals surface area contributed by atoms with E-state index in [4.69, 9.17) is 0 Å². The first kappa shape index (κ1) is 17.9. The molecule has 0 unspecified atom stereocenters. The van der Waals surface area contributed by atoms with Crippen molar-refractivity contribution in [2.75, 3.05) is 0 Å². The van der Waals surface area contributed by atoms with Gasteiger partial charge in [-0.25, -0.2) is 4.79 Å². The van der Waals surface area contributed by atoms with Gasteiger partial charge in [0.25, 0.3) is 5.56 Å². The molecule has 2 aromatic rings. The van der Waals surface area contributed by atoms with E-state index in [0.717, 1.165) is 12.8 Å². The minimum absolute atomic E-state index is 0.00706. The minimum Gasteiger partial charge on any atom is -0.353 e. The quantitative estimate of drug-likeness (QED) is 0.856. The first-order valence-electron chi connectivity index (χ1n) is 8.97. The van der Waals surface area contributed by atoms with Crippen molar-refractivity contribution in [2.24, 2.45) is 11.8 Å². The highest BCUT2D eigenvalue weighted by molar-refractivity contribution is 7.17. The van der Waals surface area contributed by atoms with E-state index >= 15 is 0 Å². The van der Waals surface area contributed by atoms with Crippen LogP contribution in [0.5, 0.6) is 0 Å². The summed E-state index contributed by atoms with van der Waals surface area (Å²) >= 11 is 1.32. The van der Waals surface area contributed by atoms with E-state index in [2.05, 4.69) is 24.1 Å². The Labute approximate surface area is 150 Å². The van der Waals surface area contributed by atoms with Gasteiger partial charge < -0.3 is 10.3 Å². The standard InChI is InChI=1S/C18H25N3O3S/c1-11-5-3-6-13(12(11)2)19-15(22)7-4-9-21-17(23)16-14(8-10-25-16)20-18(21)24/h8,10-13H,3-7,9H2,1-2H3,(H,19,22)(H,20,24)/t11-,12-,13-/m1/s1. The molecule has 0 bridgehead atoms. The molecule has 1 saturated carbocycles. The van der Waals surface area contributed by atoms with Gasteiger partial charge in [-0.05, 0) is 36.1 Å². The van der Waals surface area contributed by atoms with Crippen LogP contribution in [0, 0.1) is 11.8 Å². The molecule has 0 aliphatic heterocycles. The molecule has 0 saturated heterocycles. The zero-order valence-electron chi connectivity index (χ0n) is 14.7. The fourth-order valence-corrected chi connectivity index (χ4v) is 4.43. The lowest BCUT2D eigenvalue weighted by Gasteiger charge is -2.34. The smallest absolute Gasteiger partial charge is 0.328 e. The Hall–Kier alpha value is -1.89. The molecule has 0 radical (unpaired) electrons. The van der Waals surface area contributed by atoms with E-state index in [1.165, 1.54) is 22.3 Å². The Bertz CT molecular complexity index is 866. The molecule has 2 aromatic heterocycles. The van der Waals surface area contributed by atoms with Gasteiger partial charge in [0.05, 0.1) is 5.52 Å². The summed E-state index contributed by atoms with van der Waals surface area (Å²) in [4.78, 5) is 39.3. The van der Waals surface area contributed by atoms with Gasteiger partial charge in [0, 0.05) is 19.0 Å². The summed E-state index contributed by atoms with van der Waals surface area (Å²) in [6.07, 6.45) is 4.21. The first-order chi connectivity index (χ1) is 12.0. The molecule has 25 heavy (non-hydrogen) atoms. The highest BCUT2D eigenvalue weighted by atomic mass is 32.1. The maximum atomic E-state index is 12.3. The summed E-state index contributed by atoms with van der Waals surface area (Å²) in [5, 5.41) is 4.91. The molecule has 7 heteroatoms. The number of aromatic amines is 1. The Balaban J connectivity index is 1.57. The molecular weight excluding hydrogens is 338 g/mol. The molecule has 6 nitrogen and oxygen atoms in total. The molecule has 0 spiro atoms. The number of H-pyrrole nitrogens is 1. The number of aromatic nitrogens is 2. The Morgan fingerprint density at radius 1 is 1.36 bits per heavy atom. The third kappa shape index (κ3) is 3.86. The second-order valence-corrected chi connectivity index (χ2v) is 8.01. The number of carbonyl (C=O) groups is 1. The van der Waals surface area contributed by atoms with Gasteiger partial charge in [-0.1, -0.05) is 26.7 Å². The van der Waals surface area contributed by atoms with E-state index in [1.807, 2.05) is 0 Å². The van der Waals surface area contributed by atoms with Crippen LogP contribution >= 0.6 is 11.3 Å². The highest BCUT2D eigenvalue weighted by Crippen LogP contribution is 2.29. The summed E-state index contributed by atoms with van der Waals surface area (Å²) in [6, 6.07) is 1.97. The third-order valence-electron chi connectivity index (χ3n) is 5.43. The van der Waals surface area contributed by atoms with Crippen molar-refractivity contribution >= 4 is 27.5 Å². The van der Waals surface area contributed by atoms with Gasteiger partial charge in [0.15, 0.2) is 0 Å². The molecule has 2 N–H and O–H groups in total. The fourth-order valence-electron chi connectivity index (χ4n) is 3.64. The highest BCUT2D eigenvalue weighted by Gasteiger charge is 2.27. The fraction of sp³-hybridized carbons (Fsp3) is 0.611. The second-order valence-electron chi connectivity index (χ2n) is 7.10. The molecule has 3 atom stereocenters. The van der Waals surface area contributed by atoms with E-state index < -0.39 is 5.69 Å².